The zero-order chi connectivity index (χ0) is 8.27. The predicted molar refractivity (Wildman–Crippen MR) is 37.8 cm³/mol. The third-order valence-electron chi connectivity index (χ3n) is 1.12. The van der Waals surface area contributed by atoms with Gasteiger partial charge in [-0.05, 0) is 0 Å². The van der Waals surface area contributed by atoms with E-state index in [-0.39, 0.29) is 17.7 Å². The summed E-state index contributed by atoms with van der Waals surface area (Å²) in [7, 11) is 0. The van der Waals surface area contributed by atoms with E-state index in [1.54, 1.807) is 0 Å². The van der Waals surface area contributed by atoms with Gasteiger partial charge < -0.3 is 10.7 Å². The molecule has 3 N–H and O–H groups in total. The number of aromatic nitrogens is 2. The van der Waals surface area contributed by atoms with Gasteiger partial charge in [-0.2, -0.15) is 0 Å². The van der Waals surface area contributed by atoms with Crippen LogP contribution in [0.1, 0.15) is 5.69 Å². The lowest BCUT2D eigenvalue weighted by Gasteiger charge is -1.92. The molecule has 1 heterocycles. The molecule has 0 atom stereocenters. The number of aromatic amines is 1. The Hall–Kier alpha value is -1.65. The van der Waals surface area contributed by atoms with E-state index in [9.17, 15) is 9.59 Å². The molecule has 0 spiro atoms. The van der Waals surface area contributed by atoms with Crippen molar-refractivity contribution >= 4 is 5.91 Å². The molecule has 1 aromatic rings. The summed E-state index contributed by atoms with van der Waals surface area (Å²) >= 11 is 0. The van der Waals surface area contributed by atoms with E-state index in [1.165, 1.54) is 12.4 Å². The monoisotopic (exact) mass is 153 g/mol. The van der Waals surface area contributed by atoms with Crippen molar-refractivity contribution < 1.29 is 4.79 Å². The van der Waals surface area contributed by atoms with Crippen LogP contribution >= 0.6 is 0 Å². The molecule has 5 nitrogen and oxygen atoms in total. The number of hydrogen-bond donors (Lipinski definition) is 2. The summed E-state index contributed by atoms with van der Waals surface area (Å²) < 4.78 is 0. The minimum Gasteiger partial charge on any atom is -0.369 e. The Labute approximate surface area is 62.3 Å². The van der Waals surface area contributed by atoms with Gasteiger partial charge in [-0.25, -0.2) is 0 Å². The normalized spacial score (nSPS) is 9.45. The molecule has 0 radical (unpaired) electrons. The highest BCUT2D eigenvalue weighted by atomic mass is 16.1. The number of hydrogen-bond acceptors (Lipinski definition) is 3. The van der Waals surface area contributed by atoms with Crippen molar-refractivity contribution in [3.05, 3.63) is 28.4 Å². The summed E-state index contributed by atoms with van der Waals surface area (Å²) in [6, 6.07) is 0. The van der Waals surface area contributed by atoms with E-state index in [2.05, 4.69) is 9.97 Å². The molecule has 0 fully saturated rings. The second-order valence-electron chi connectivity index (χ2n) is 2.01. The van der Waals surface area contributed by atoms with Gasteiger partial charge in [0.25, 0.3) is 5.56 Å². The average Bonchev–Trinajstić information content (AvgIpc) is 1.93. The first-order valence-electron chi connectivity index (χ1n) is 3.01. The number of nitrogens with two attached hydrogens (primary N) is 1. The maximum Gasteiger partial charge on any atom is 0.270 e. The molecule has 0 aliphatic heterocycles. The van der Waals surface area contributed by atoms with Gasteiger partial charge in [-0.1, -0.05) is 0 Å². The van der Waals surface area contributed by atoms with Crippen LogP contribution in [0.5, 0.6) is 0 Å². The van der Waals surface area contributed by atoms with Crippen LogP contribution in [-0.4, -0.2) is 15.9 Å². The topological polar surface area (TPSA) is 88.8 Å². The second-order valence-corrected chi connectivity index (χ2v) is 2.01. The molecule has 0 saturated heterocycles. The number of primary amides is 1. The summed E-state index contributed by atoms with van der Waals surface area (Å²) in [5.41, 5.74) is 4.65. The van der Waals surface area contributed by atoms with E-state index in [4.69, 9.17) is 5.73 Å². The zero-order valence-corrected chi connectivity index (χ0v) is 5.70. The van der Waals surface area contributed by atoms with Crippen molar-refractivity contribution in [2.45, 2.75) is 6.42 Å². The fourth-order valence-electron chi connectivity index (χ4n) is 0.673. The van der Waals surface area contributed by atoms with E-state index < -0.39 is 5.91 Å². The van der Waals surface area contributed by atoms with Gasteiger partial charge in [0, 0.05) is 12.4 Å². The van der Waals surface area contributed by atoms with Gasteiger partial charge in [-0.15, -0.1) is 0 Å². The van der Waals surface area contributed by atoms with Crippen molar-refractivity contribution in [3.8, 4) is 0 Å². The van der Waals surface area contributed by atoms with Crippen LogP contribution in [-0.2, 0) is 11.2 Å². The minimum atomic E-state index is -0.561. The number of amides is 1. The molecule has 1 aromatic heterocycles. The lowest BCUT2D eigenvalue weighted by atomic mass is 10.3. The SMILES string of the molecule is NC(=O)Cc1ncc[nH]c1=O. The Morgan fingerprint density at radius 3 is 3.00 bits per heavy atom. The molecule has 0 bridgehead atoms. The van der Waals surface area contributed by atoms with Crippen molar-refractivity contribution in [3.63, 3.8) is 0 Å². The van der Waals surface area contributed by atoms with Crippen LogP contribution in [0.3, 0.4) is 0 Å². The number of carbonyl (C=O) groups excluding carboxylic acids is 1. The quantitative estimate of drug-likeness (QED) is 0.559. The zero-order valence-electron chi connectivity index (χ0n) is 5.70. The highest BCUT2D eigenvalue weighted by Gasteiger charge is 2.02. The van der Waals surface area contributed by atoms with Crippen LogP contribution in [0.15, 0.2) is 17.2 Å². The molecule has 0 saturated carbocycles. The summed E-state index contributed by atoms with van der Waals surface area (Å²) in [5.74, 6) is -0.561. The van der Waals surface area contributed by atoms with Crippen LogP contribution in [0.25, 0.3) is 0 Å². The van der Waals surface area contributed by atoms with E-state index >= 15 is 0 Å². The summed E-state index contributed by atoms with van der Waals surface area (Å²) in [5, 5.41) is 0. The third kappa shape index (κ3) is 1.89. The highest BCUT2D eigenvalue weighted by Crippen LogP contribution is 1.82. The van der Waals surface area contributed by atoms with Gasteiger partial charge in [0.05, 0.1) is 6.42 Å². The smallest absolute Gasteiger partial charge is 0.270 e. The number of nitrogens with zero attached hydrogens (tertiary/aromatic N) is 1. The summed E-state index contributed by atoms with van der Waals surface area (Å²) in [4.78, 5) is 27.2. The van der Waals surface area contributed by atoms with Crippen molar-refractivity contribution in [1.82, 2.24) is 9.97 Å². The maximum absolute atomic E-state index is 10.8. The van der Waals surface area contributed by atoms with Crippen molar-refractivity contribution in [2.24, 2.45) is 5.73 Å². The Morgan fingerprint density at radius 1 is 1.73 bits per heavy atom. The summed E-state index contributed by atoms with van der Waals surface area (Å²) in [6.45, 7) is 0. The van der Waals surface area contributed by atoms with Gasteiger partial charge >= 0.3 is 0 Å². The Bertz CT molecular complexity index is 318. The third-order valence-corrected chi connectivity index (χ3v) is 1.12. The molecular weight excluding hydrogens is 146 g/mol. The first-order chi connectivity index (χ1) is 5.20. The molecule has 58 valence electrons. The number of rotatable bonds is 2. The lowest BCUT2D eigenvalue weighted by molar-refractivity contribution is -0.117. The maximum atomic E-state index is 10.8. The number of nitrogens with one attached hydrogen (secondary N) is 1. The van der Waals surface area contributed by atoms with Crippen LogP contribution in [0, 0.1) is 0 Å². The Kier molecular flexibility index (Phi) is 2.00. The second kappa shape index (κ2) is 2.96. The van der Waals surface area contributed by atoms with Gasteiger partial charge in [-0.3, -0.25) is 14.6 Å². The van der Waals surface area contributed by atoms with Crippen LogP contribution < -0.4 is 11.3 Å². The first kappa shape index (κ1) is 7.46. The van der Waals surface area contributed by atoms with Gasteiger partial charge in [0.2, 0.25) is 5.91 Å². The largest absolute Gasteiger partial charge is 0.369 e. The number of H-pyrrole nitrogens is 1. The first-order valence-corrected chi connectivity index (χ1v) is 3.01. The van der Waals surface area contributed by atoms with Crippen molar-refractivity contribution in [1.29, 1.82) is 0 Å². The Balaban J connectivity index is 2.95. The fourth-order valence-corrected chi connectivity index (χ4v) is 0.673. The average molecular weight is 153 g/mol. The standard InChI is InChI=1S/C6H7N3O2/c7-5(10)3-4-6(11)9-2-1-8-4/h1-2H,3H2,(H2,7,10)(H,9,11). The van der Waals surface area contributed by atoms with E-state index in [0.29, 0.717) is 0 Å². The molecule has 5 heteroatoms. The minimum absolute atomic E-state index is 0.115. The van der Waals surface area contributed by atoms with Crippen LogP contribution in [0.4, 0.5) is 0 Å². The van der Waals surface area contributed by atoms with E-state index in [1.807, 2.05) is 0 Å². The lowest BCUT2D eigenvalue weighted by Crippen LogP contribution is -2.22. The Morgan fingerprint density at radius 2 is 2.45 bits per heavy atom. The molecule has 0 aliphatic rings. The molecule has 0 aromatic carbocycles. The number of carbonyl (C=O) groups is 1. The van der Waals surface area contributed by atoms with Gasteiger partial charge in [0.15, 0.2) is 0 Å². The molecular formula is C6H7N3O2. The predicted octanol–water partition coefficient (Wildman–Crippen LogP) is -1.20. The van der Waals surface area contributed by atoms with Gasteiger partial charge in [0.1, 0.15) is 5.69 Å². The molecule has 1 rings (SSSR count). The van der Waals surface area contributed by atoms with E-state index in [0.717, 1.165) is 0 Å². The molecule has 0 aliphatic carbocycles. The van der Waals surface area contributed by atoms with Crippen LogP contribution in [0.2, 0.25) is 0 Å². The molecule has 1 amide bonds. The highest BCUT2D eigenvalue weighted by molar-refractivity contribution is 5.75. The molecule has 11 heavy (non-hydrogen) atoms. The summed E-state index contributed by atoms with van der Waals surface area (Å²) in [6.07, 6.45) is 2.68. The fraction of sp³-hybridized carbons (Fsp3) is 0.167. The van der Waals surface area contributed by atoms with Crippen molar-refractivity contribution in [2.75, 3.05) is 0 Å². The molecule has 0 unspecified atom stereocenters.